The lowest BCUT2D eigenvalue weighted by Crippen LogP contribution is -2.49. The second-order valence-corrected chi connectivity index (χ2v) is 8.24. The van der Waals surface area contributed by atoms with Crippen LogP contribution in [0.3, 0.4) is 0 Å². The molecule has 1 N–H and O–H groups in total. The highest BCUT2D eigenvalue weighted by Crippen LogP contribution is 2.28. The van der Waals surface area contributed by atoms with E-state index in [4.69, 9.17) is 9.47 Å². The Morgan fingerprint density at radius 1 is 0.938 bits per heavy atom. The van der Waals surface area contributed by atoms with E-state index in [1.165, 1.54) is 13.5 Å². The Kier molecular flexibility index (Phi) is 8.11. The summed E-state index contributed by atoms with van der Waals surface area (Å²) in [6.07, 6.45) is 5.62. The predicted octanol–water partition coefficient (Wildman–Crippen LogP) is 3.89. The first-order valence-corrected chi connectivity index (χ1v) is 11.0. The van der Waals surface area contributed by atoms with E-state index in [1.807, 2.05) is 48.4 Å². The summed E-state index contributed by atoms with van der Waals surface area (Å²) >= 11 is 0. The summed E-state index contributed by atoms with van der Waals surface area (Å²) in [5.74, 6) is 0.840. The lowest BCUT2D eigenvalue weighted by atomic mass is 9.94. The molecule has 2 aromatic carbocycles. The number of ether oxygens (including phenoxy) is 2. The fourth-order valence-corrected chi connectivity index (χ4v) is 4.21. The van der Waals surface area contributed by atoms with E-state index in [2.05, 4.69) is 5.32 Å². The molecule has 0 aliphatic heterocycles. The van der Waals surface area contributed by atoms with Crippen LogP contribution in [0.2, 0.25) is 0 Å². The number of carbonyl (C=O) groups excluding carboxylic acids is 2. The maximum atomic E-state index is 13.3. The molecule has 172 valence electrons. The number of amides is 2. The molecule has 0 atom stereocenters. The highest BCUT2D eigenvalue weighted by molar-refractivity contribution is 5.95. The Labute approximate surface area is 190 Å². The van der Waals surface area contributed by atoms with E-state index < -0.39 is 0 Å². The van der Waals surface area contributed by atoms with E-state index in [1.54, 1.807) is 25.3 Å². The van der Waals surface area contributed by atoms with E-state index in [0.29, 0.717) is 29.2 Å². The summed E-state index contributed by atoms with van der Waals surface area (Å²) in [4.78, 5) is 25.9. The minimum absolute atomic E-state index is 0.00466. The van der Waals surface area contributed by atoms with Crippen molar-refractivity contribution < 1.29 is 19.1 Å². The number of rotatable bonds is 8. The second-order valence-electron chi connectivity index (χ2n) is 8.24. The largest absolute Gasteiger partial charge is 0.493 e. The monoisotopic (exact) mass is 439 g/mol. The second kappa shape index (κ2) is 11.0. The third kappa shape index (κ3) is 5.59. The molecule has 1 aliphatic rings. The van der Waals surface area contributed by atoms with Gasteiger partial charge in [-0.2, -0.15) is 0 Å². The third-order valence-corrected chi connectivity index (χ3v) is 5.83. The van der Waals surface area contributed by atoms with Gasteiger partial charge in [-0.15, -0.1) is 0 Å². The zero-order chi connectivity index (χ0) is 23.1. The van der Waals surface area contributed by atoms with Gasteiger partial charge in [0.15, 0.2) is 11.5 Å². The number of benzene rings is 2. The summed E-state index contributed by atoms with van der Waals surface area (Å²) in [6.45, 7) is 0.319. The Bertz CT molecular complexity index is 939. The van der Waals surface area contributed by atoms with Crippen molar-refractivity contribution in [3.05, 3.63) is 59.2 Å². The van der Waals surface area contributed by atoms with Crippen molar-refractivity contribution in [3.63, 3.8) is 0 Å². The Morgan fingerprint density at radius 2 is 1.66 bits per heavy atom. The van der Waals surface area contributed by atoms with Crippen molar-refractivity contribution in [1.82, 2.24) is 15.3 Å². The zero-order valence-corrected chi connectivity index (χ0v) is 19.4. The molecule has 0 unspecified atom stereocenters. The van der Waals surface area contributed by atoms with Crippen LogP contribution in [0.4, 0.5) is 0 Å². The smallest absolute Gasteiger partial charge is 0.268 e. The molecule has 0 heterocycles. The Balaban J connectivity index is 1.69. The number of hydrazine groups is 1. The van der Waals surface area contributed by atoms with Crippen molar-refractivity contribution in [1.29, 1.82) is 0 Å². The molecule has 1 saturated carbocycles. The van der Waals surface area contributed by atoms with Gasteiger partial charge in [0.1, 0.15) is 0 Å². The SMILES string of the molecule is COc1ccc(C(=O)NCc2cccc(C(=O)N(C3CCCCC3)N(C)C)c2)cc1OC. The molecule has 0 saturated heterocycles. The number of nitrogens with one attached hydrogen (secondary N) is 1. The van der Waals surface area contributed by atoms with Crippen LogP contribution in [0.25, 0.3) is 0 Å². The normalized spacial score (nSPS) is 14.2. The number of carbonyl (C=O) groups is 2. The van der Waals surface area contributed by atoms with Gasteiger partial charge < -0.3 is 14.8 Å². The molecule has 2 aromatic rings. The van der Waals surface area contributed by atoms with E-state index in [9.17, 15) is 9.59 Å². The third-order valence-electron chi connectivity index (χ3n) is 5.83. The molecule has 1 aliphatic carbocycles. The van der Waals surface area contributed by atoms with Crippen LogP contribution >= 0.6 is 0 Å². The van der Waals surface area contributed by atoms with Crippen LogP contribution < -0.4 is 14.8 Å². The fourth-order valence-electron chi connectivity index (χ4n) is 4.21. The molecule has 2 amide bonds. The summed E-state index contributed by atoms with van der Waals surface area (Å²) in [5.41, 5.74) is 1.97. The van der Waals surface area contributed by atoms with Gasteiger partial charge in [-0.1, -0.05) is 31.4 Å². The molecule has 7 nitrogen and oxygen atoms in total. The first-order chi connectivity index (χ1) is 15.4. The quantitative estimate of drug-likeness (QED) is 0.632. The molecule has 3 rings (SSSR count). The first kappa shape index (κ1) is 23.6. The van der Waals surface area contributed by atoms with E-state index in [-0.39, 0.29) is 17.9 Å². The minimum Gasteiger partial charge on any atom is -0.493 e. The topological polar surface area (TPSA) is 71.1 Å². The van der Waals surface area contributed by atoms with Crippen molar-refractivity contribution in [2.24, 2.45) is 0 Å². The van der Waals surface area contributed by atoms with Crippen LogP contribution in [0.15, 0.2) is 42.5 Å². The minimum atomic E-state index is -0.222. The summed E-state index contributed by atoms with van der Waals surface area (Å²) < 4.78 is 10.5. The van der Waals surface area contributed by atoms with Gasteiger partial charge in [-0.05, 0) is 48.7 Å². The van der Waals surface area contributed by atoms with Gasteiger partial charge in [0.25, 0.3) is 11.8 Å². The molecule has 0 bridgehead atoms. The van der Waals surface area contributed by atoms with Gasteiger partial charge in [0.05, 0.1) is 14.2 Å². The first-order valence-electron chi connectivity index (χ1n) is 11.0. The Hall–Kier alpha value is -3.06. The maximum absolute atomic E-state index is 13.3. The summed E-state index contributed by atoms with van der Waals surface area (Å²) in [5, 5.41) is 6.68. The molecular formula is C25H33N3O4. The standard InChI is InChI=1S/C25H33N3O4/c1-27(2)28(21-11-6-5-7-12-21)25(30)20-10-8-9-18(15-20)17-26-24(29)19-13-14-22(31-3)23(16-19)32-4/h8-10,13-16,21H,5-7,11-12,17H2,1-4H3,(H,26,29). The van der Waals surface area contributed by atoms with Crippen molar-refractivity contribution in [2.45, 2.75) is 44.7 Å². The molecule has 0 aromatic heterocycles. The summed E-state index contributed by atoms with van der Waals surface area (Å²) in [6, 6.07) is 12.7. The Morgan fingerprint density at radius 3 is 2.31 bits per heavy atom. The number of hydrogen-bond donors (Lipinski definition) is 1. The lowest BCUT2D eigenvalue weighted by molar-refractivity contribution is -0.0139. The molecule has 32 heavy (non-hydrogen) atoms. The van der Waals surface area contributed by atoms with Gasteiger partial charge in [0.2, 0.25) is 0 Å². The average molecular weight is 440 g/mol. The number of nitrogens with zero attached hydrogens (tertiary/aromatic N) is 2. The molecule has 1 fully saturated rings. The predicted molar refractivity (Wildman–Crippen MR) is 124 cm³/mol. The van der Waals surface area contributed by atoms with E-state index >= 15 is 0 Å². The van der Waals surface area contributed by atoms with Crippen molar-refractivity contribution in [2.75, 3.05) is 28.3 Å². The van der Waals surface area contributed by atoms with E-state index in [0.717, 1.165) is 31.2 Å². The molecule has 0 radical (unpaired) electrons. The molecular weight excluding hydrogens is 406 g/mol. The average Bonchev–Trinajstić information content (AvgIpc) is 2.82. The summed E-state index contributed by atoms with van der Waals surface area (Å²) in [7, 11) is 6.92. The molecule has 7 heteroatoms. The van der Waals surface area contributed by atoms with Crippen LogP contribution in [-0.4, -0.2) is 56.2 Å². The highest BCUT2D eigenvalue weighted by atomic mass is 16.5. The van der Waals surface area contributed by atoms with Crippen LogP contribution in [0.5, 0.6) is 11.5 Å². The van der Waals surface area contributed by atoms with Gasteiger partial charge in [0, 0.05) is 37.8 Å². The zero-order valence-electron chi connectivity index (χ0n) is 19.4. The van der Waals surface area contributed by atoms with Gasteiger partial charge in [-0.25, -0.2) is 5.01 Å². The fraction of sp³-hybridized carbons (Fsp3) is 0.440. The van der Waals surface area contributed by atoms with Gasteiger partial charge >= 0.3 is 0 Å². The van der Waals surface area contributed by atoms with Crippen LogP contribution in [0.1, 0.15) is 58.4 Å². The van der Waals surface area contributed by atoms with Gasteiger partial charge in [-0.3, -0.25) is 14.6 Å². The number of methoxy groups -OCH3 is 2. The van der Waals surface area contributed by atoms with Crippen LogP contribution in [-0.2, 0) is 6.54 Å². The molecule has 0 spiro atoms. The highest BCUT2D eigenvalue weighted by Gasteiger charge is 2.28. The number of hydrogen-bond acceptors (Lipinski definition) is 5. The van der Waals surface area contributed by atoms with Crippen molar-refractivity contribution in [3.8, 4) is 11.5 Å². The maximum Gasteiger partial charge on any atom is 0.268 e. The lowest BCUT2D eigenvalue weighted by Gasteiger charge is -2.38. The van der Waals surface area contributed by atoms with Crippen LogP contribution in [0, 0.1) is 0 Å². The van der Waals surface area contributed by atoms with Crippen molar-refractivity contribution >= 4 is 11.8 Å².